The topological polar surface area (TPSA) is 88.4 Å². The van der Waals surface area contributed by atoms with Gasteiger partial charge in [-0.15, -0.1) is 0 Å². The lowest BCUT2D eigenvalue weighted by molar-refractivity contribution is 0.0878. The van der Waals surface area contributed by atoms with Crippen LogP contribution in [0, 0.1) is 0 Å². The second-order valence-electron chi connectivity index (χ2n) is 4.77. The molecule has 0 atom stereocenters. The zero-order chi connectivity index (χ0) is 14.8. The molecular weight excluding hydrogens is 296 g/mol. The Balaban J connectivity index is 1.77. The van der Waals surface area contributed by atoms with Gasteiger partial charge in [0.25, 0.3) is 0 Å². The van der Waals surface area contributed by atoms with Crippen molar-refractivity contribution < 1.29 is 14.6 Å². The number of amides is 1. The minimum Gasteiger partial charge on any atom is -0.473 e. The first-order valence-electron chi connectivity index (χ1n) is 6.55. The van der Waals surface area contributed by atoms with Crippen LogP contribution in [0.15, 0.2) is 18.5 Å². The SMILES string of the molecule is O=C(O)N1CCC(Oc2ncnc3ccc(Cl)nc23)CC1. The molecule has 1 aliphatic rings. The maximum absolute atomic E-state index is 10.9. The van der Waals surface area contributed by atoms with Crippen molar-refractivity contribution in [3.05, 3.63) is 23.6 Å². The van der Waals surface area contributed by atoms with Gasteiger partial charge in [0.2, 0.25) is 5.88 Å². The van der Waals surface area contributed by atoms with E-state index in [1.165, 1.54) is 11.2 Å². The van der Waals surface area contributed by atoms with E-state index in [9.17, 15) is 4.79 Å². The highest BCUT2D eigenvalue weighted by Crippen LogP contribution is 2.24. The van der Waals surface area contributed by atoms with Gasteiger partial charge in [0, 0.05) is 25.9 Å². The lowest BCUT2D eigenvalue weighted by atomic mass is 10.1. The molecule has 0 unspecified atom stereocenters. The van der Waals surface area contributed by atoms with Gasteiger partial charge in [-0.25, -0.2) is 14.8 Å². The number of likely N-dealkylation sites (tertiary alicyclic amines) is 1. The second-order valence-corrected chi connectivity index (χ2v) is 5.15. The maximum Gasteiger partial charge on any atom is 0.407 e. The number of nitrogens with zero attached hydrogens (tertiary/aromatic N) is 4. The van der Waals surface area contributed by atoms with Crippen molar-refractivity contribution >= 4 is 28.7 Å². The Kier molecular flexibility index (Phi) is 3.74. The average Bonchev–Trinajstić information content (AvgIpc) is 2.48. The molecule has 1 fully saturated rings. The van der Waals surface area contributed by atoms with Gasteiger partial charge in [-0.05, 0) is 12.1 Å². The predicted molar refractivity (Wildman–Crippen MR) is 75.6 cm³/mol. The van der Waals surface area contributed by atoms with Crippen LogP contribution < -0.4 is 4.74 Å². The van der Waals surface area contributed by atoms with E-state index in [0.717, 1.165) is 0 Å². The van der Waals surface area contributed by atoms with Crippen LogP contribution >= 0.6 is 11.6 Å². The summed E-state index contributed by atoms with van der Waals surface area (Å²) in [6, 6.07) is 3.41. The summed E-state index contributed by atoms with van der Waals surface area (Å²) in [4.78, 5) is 24.7. The molecule has 0 bridgehead atoms. The zero-order valence-electron chi connectivity index (χ0n) is 11.1. The highest BCUT2D eigenvalue weighted by Gasteiger charge is 2.24. The third-order valence-corrected chi connectivity index (χ3v) is 3.62. The third kappa shape index (κ3) is 2.97. The molecule has 1 aliphatic heterocycles. The van der Waals surface area contributed by atoms with E-state index in [-0.39, 0.29) is 6.10 Å². The Hall–Kier alpha value is -2.15. The molecule has 1 saturated heterocycles. The van der Waals surface area contributed by atoms with Crippen molar-refractivity contribution in [2.24, 2.45) is 0 Å². The highest BCUT2D eigenvalue weighted by molar-refractivity contribution is 6.29. The molecule has 8 heteroatoms. The Labute approximate surface area is 125 Å². The van der Waals surface area contributed by atoms with Crippen molar-refractivity contribution in [3.8, 4) is 5.88 Å². The molecule has 3 heterocycles. The van der Waals surface area contributed by atoms with Crippen LogP contribution in [0.1, 0.15) is 12.8 Å². The Morgan fingerprint density at radius 1 is 1.33 bits per heavy atom. The molecule has 0 spiro atoms. The first kappa shape index (κ1) is 13.8. The number of pyridine rings is 1. The van der Waals surface area contributed by atoms with Gasteiger partial charge >= 0.3 is 6.09 Å². The molecule has 1 N–H and O–H groups in total. The number of carbonyl (C=O) groups is 1. The number of carboxylic acid groups (broad SMARTS) is 1. The third-order valence-electron chi connectivity index (χ3n) is 3.41. The second kappa shape index (κ2) is 5.69. The van der Waals surface area contributed by atoms with Crippen LogP contribution in [-0.2, 0) is 0 Å². The fraction of sp³-hybridized carbons (Fsp3) is 0.385. The summed E-state index contributed by atoms with van der Waals surface area (Å²) in [5, 5.41) is 9.28. The van der Waals surface area contributed by atoms with Crippen molar-refractivity contribution in [1.82, 2.24) is 19.9 Å². The largest absolute Gasteiger partial charge is 0.473 e. The summed E-state index contributed by atoms with van der Waals surface area (Å²) in [7, 11) is 0. The lowest BCUT2D eigenvalue weighted by Gasteiger charge is -2.29. The van der Waals surface area contributed by atoms with Crippen LogP contribution in [0.25, 0.3) is 11.0 Å². The predicted octanol–water partition coefficient (Wildman–Crippen LogP) is 2.20. The number of hydrogen-bond donors (Lipinski definition) is 1. The molecule has 21 heavy (non-hydrogen) atoms. The number of rotatable bonds is 2. The molecule has 7 nitrogen and oxygen atoms in total. The molecule has 3 rings (SSSR count). The van der Waals surface area contributed by atoms with Crippen molar-refractivity contribution in [3.63, 3.8) is 0 Å². The molecule has 110 valence electrons. The van der Waals surface area contributed by atoms with Gasteiger partial charge < -0.3 is 14.7 Å². The summed E-state index contributed by atoms with van der Waals surface area (Å²) in [6.07, 6.45) is 1.69. The molecular formula is C13H13ClN4O3. The van der Waals surface area contributed by atoms with E-state index in [1.54, 1.807) is 12.1 Å². The van der Waals surface area contributed by atoms with Gasteiger partial charge in [0.1, 0.15) is 17.6 Å². The molecule has 1 amide bonds. The minimum atomic E-state index is -0.894. The molecule has 0 aliphatic carbocycles. The number of piperidine rings is 1. The minimum absolute atomic E-state index is 0.0838. The molecule has 2 aromatic heterocycles. The van der Waals surface area contributed by atoms with E-state index in [4.69, 9.17) is 21.4 Å². The van der Waals surface area contributed by atoms with Gasteiger partial charge in [-0.3, -0.25) is 0 Å². The summed E-state index contributed by atoms with van der Waals surface area (Å²) in [6.45, 7) is 0.911. The molecule has 2 aromatic rings. The fourth-order valence-corrected chi connectivity index (χ4v) is 2.45. The molecule has 0 radical (unpaired) electrons. The van der Waals surface area contributed by atoms with Crippen molar-refractivity contribution in [2.45, 2.75) is 18.9 Å². The lowest BCUT2D eigenvalue weighted by Crippen LogP contribution is -2.41. The smallest absolute Gasteiger partial charge is 0.407 e. The van der Waals surface area contributed by atoms with Gasteiger partial charge in [-0.1, -0.05) is 11.6 Å². The maximum atomic E-state index is 10.9. The number of aromatic nitrogens is 3. The standard InChI is InChI=1S/C13H13ClN4O3/c14-10-2-1-9-11(17-10)12(16-7-15-9)21-8-3-5-18(6-4-8)13(19)20/h1-2,7-8H,3-6H2,(H,19,20). The summed E-state index contributed by atoms with van der Waals surface area (Å²) >= 11 is 5.89. The number of halogens is 1. The van der Waals surface area contributed by atoms with E-state index in [1.807, 2.05) is 0 Å². The van der Waals surface area contributed by atoms with E-state index >= 15 is 0 Å². The fourth-order valence-electron chi connectivity index (χ4n) is 2.30. The quantitative estimate of drug-likeness (QED) is 0.856. The first-order valence-corrected chi connectivity index (χ1v) is 6.93. The summed E-state index contributed by atoms with van der Waals surface area (Å²) < 4.78 is 5.86. The monoisotopic (exact) mass is 308 g/mol. The Morgan fingerprint density at radius 2 is 2.10 bits per heavy atom. The number of fused-ring (bicyclic) bond motifs is 1. The highest BCUT2D eigenvalue weighted by atomic mass is 35.5. The van der Waals surface area contributed by atoms with E-state index < -0.39 is 6.09 Å². The van der Waals surface area contributed by atoms with E-state index in [0.29, 0.717) is 48.0 Å². The van der Waals surface area contributed by atoms with Crippen LogP contribution in [0.5, 0.6) is 5.88 Å². The van der Waals surface area contributed by atoms with E-state index in [2.05, 4.69) is 15.0 Å². The molecule has 0 saturated carbocycles. The van der Waals surface area contributed by atoms with Gasteiger partial charge in [0.05, 0.1) is 5.52 Å². The van der Waals surface area contributed by atoms with Crippen molar-refractivity contribution in [1.29, 1.82) is 0 Å². The van der Waals surface area contributed by atoms with Crippen molar-refractivity contribution in [2.75, 3.05) is 13.1 Å². The van der Waals surface area contributed by atoms with Gasteiger partial charge in [-0.2, -0.15) is 4.98 Å². The zero-order valence-corrected chi connectivity index (χ0v) is 11.8. The number of ether oxygens (including phenoxy) is 1. The van der Waals surface area contributed by atoms with Crippen LogP contribution in [-0.4, -0.2) is 50.2 Å². The normalized spacial score (nSPS) is 16.1. The Bertz CT molecular complexity index is 674. The van der Waals surface area contributed by atoms with Crippen LogP contribution in [0.3, 0.4) is 0 Å². The Morgan fingerprint density at radius 3 is 2.81 bits per heavy atom. The van der Waals surface area contributed by atoms with Crippen LogP contribution in [0.2, 0.25) is 5.15 Å². The summed E-state index contributed by atoms with van der Waals surface area (Å²) in [5.74, 6) is 0.385. The molecule has 0 aromatic carbocycles. The van der Waals surface area contributed by atoms with Gasteiger partial charge in [0.15, 0.2) is 5.52 Å². The average molecular weight is 309 g/mol. The summed E-state index contributed by atoms with van der Waals surface area (Å²) in [5.41, 5.74) is 1.18. The first-order chi connectivity index (χ1) is 10.1. The number of hydrogen-bond acceptors (Lipinski definition) is 5. The van der Waals surface area contributed by atoms with Crippen LogP contribution in [0.4, 0.5) is 4.79 Å².